The van der Waals surface area contributed by atoms with Crippen molar-refractivity contribution in [2.45, 2.75) is 202 Å². The quantitative estimate of drug-likeness (QED) is 0.0469. The maximum absolute atomic E-state index is 14.9. The number of carboxylic acids is 1. The first-order valence-corrected chi connectivity index (χ1v) is 34.9. The number of amides is 6. The van der Waals surface area contributed by atoms with Gasteiger partial charge in [0, 0.05) is 79.9 Å². The number of hydrogen-bond acceptors (Lipinski definition) is 16. The first kappa shape index (κ1) is 72.4. The average molecular weight is 1270 g/mol. The van der Waals surface area contributed by atoms with Crippen molar-refractivity contribution in [2.75, 3.05) is 43.4 Å². The van der Waals surface area contributed by atoms with Crippen LogP contribution in [0.15, 0.2) is 48.5 Å². The van der Waals surface area contributed by atoms with Gasteiger partial charge < -0.3 is 53.2 Å². The number of carbonyl (C=O) groups is 10. The summed E-state index contributed by atoms with van der Waals surface area (Å²) in [6.45, 7) is 4.97. The van der Waals surface area contributed by atoms with E-state index >= 15 is 0 Å². The van der Waals surface area contributed by atoms with Gasteiger partial charge in [0.1, 0.15) is 35.7 Å². The first-order valence-electron chi connectivity index (χ1n) is 31.4. The van der Waals surface area contributed by atoms with Crippen molar-refractivity contribution in [3.63, 3.8) is 0 Å². The van der Waals surface area contributed by atoms with Crippen LogP contribution in [0.1, 0.15) is 165 Å². The number of carboxylic acid groups (broad SMARTS) is 1. The molecule has 0 unspecified atom stereocenters. The van der Waals surface area contributed by atoms with Gasteiger partial charge in [0.25, 0.3) is 0 Å². The van der Waals surface area contributed by atoms with Crippen molar-refractivity contribution in [1.82, 2.24) is 25.8 Å². The number of aliphatic carboxylic acids is 1. The Bertz CT molecular complexity index is 2590. The second-order valence-corrected chi connectivity index (χ2v) is 26.8. The van der Waals surface area contributed by atoms with Gasteiger partial charge in [0.2, 0.25) is 35.4 Å². The summed E-state index contributed by atoms with van der Waals surface area (Å²) in [5.41, 5.74) is 20.6. The topological polar surface area (TPSA) is 332 Å². The van der Waals surface area contributed by atoms with Gasteiger partial charge in [-0.2, -0.15) is 35.3 Å². The van der Waals surface area contributed by atoms with E-state index in [2.05, 4.69) is 35.0 Å². The number of Topliss-reactive ketones (excluding diaryl/α,β-unsaturated/α-hetero) is 3. The van der Waals surface area contributed by atoms with E-state index in [0.717, 1.165) is 80.2 Å². The summed E-state index contributed by atoms with van der Waals surface area (Å²) in [6.07, 6.45) is 8.02. The van der Waals surface area contributed by atoms with Crippen molar-refractivity contribution < 1.29 is 58.2 Å². The van der Waals surface area contributed by atoms with Crippen LogP contribution in [-0.4, -0.2) is 159 Å². The third kappa shape index (κ3) is 24.5. The molecule has 0 saturated carbocycles. The molecule has 2 aromatic carbocycles. The maximum atomic E-state index is 14.9. The van der Waals surface area contributed by atoms with Gasteiger partial charge in [-0.05, 0) is 125 Å². The molecule has 23 heteroatoms. The summed E-state index contributed by atoms with van der Waals surface area (Å²) in [4.78, 5) is 142. The number of nitrogens with one attached hydrogen (secondary N) is 3. The molecule has 5 rings (SSSR count). The van der Waals surface area contributed by atoms with Gasteiger partial charge in [0.05, 0.1) is 24.0 Å². The summed E-state index contributed by atoms with van der Waals surface area (Å²) in [6, 6.07) is 8.55. The highest BCUT2D eigenvalue weighted by Gasteiger charge is 2.45. The molecule has 3 heterocycles. The van der Waals surface area contributed by atoms with E-state index in [1.54, 1.807) is 47.0 Å². The Morgan fingerprint density at radius 3 is 1.97 bits per heavy atom. The number of nitrogens with zero attached hydrogens (tertiary/aromatic N) is 2. The van der Waals surface area contributed by atoms with E-state index in [9.17, 15) is 58.2 Å². The van der Waals surface area contributed by atoms with Crippen LogP contribution in [0.3, 0.4) is 0 Å². The number of hydrogen-bond donors (Lipinski definition) is 8. The molecule has 482 valence electrons. The number of nitrogens with two attached hydrogens (primary N) is 3. The SMILES string of the molecule is CCCCCC(=O)C[C@H]1CSCc2cc(CSCCCC(=O)C(CCCCN)CCCCN)cc(c2)CSC[C@@H](C(=O)O)CC(=O)[C@H](Cc2ccccc2)NC(=O)[C@H](CCC(N)=O)NC(=O)[C@H]([C@@H](C)O)NC(=O)[C@@H]2CCCN2C(=O)[C@@H]2CCCN2C1=O. The Hall–Kier alpha value is -5.33. The Morgan fingerprint density at radius 1 is 0.713 bits per heavy atom. The summed E-state index contributed by atoms with van der Waals surface area (Å²) in [5.74, 6) is -5.13. The molecular weight excluding hydrogens is 1170 g/mol. The molecule has 0 radical (unpaired) electrons. The molecule has 87 heavy (non-hydrogen) atoms. The van der Waals surface area contributed by atoms with Crippen LogP contribution >= 0.6 is 35.3 Å². The van der Waals surface area contributed by atoms with Gasteiger partial charge in [-0.3, -0.25) is 47.9 Å². The smallest absolute Gasteiger partial charge is 0.307 e. The van der Waals surface area contributed by atoms with Crippen LogP contribution < -0.4 is 33.2 Å². The van der Waals surface area contributed by atoms with E-state index < -0.39 is 95.9 Å². The van der Waals surface area contributed by atoms with Crippen molar-refractivity contribution >= 4 is 94.0 Å². The highest BCUT2D eigenvalue weighted by Crippen LogP contribution is 2.31. The summed E-state index contributed by atoms with van der Waals surface area (Å²) in [5, 5.41) is 29.4. The highest BCUT2D eigenvalue weighted by atomic mass is 32.2. The molecule has 2 bridgehead atoms. The lowest BCUT2D eigenvalue weighted by atomic mass is 9.90. The largest absolute Gasteiger partial charge is 0.481 e. The van der Waals surface area contributed by atoms with Crippen molar-refractivity contribution in [3.8, 4) is 0 Å². The normalized spacial score (nSPS) is 22.8. The predicted molar refractivity (Wildman–Crippen MR) is 342 cm³/mol. The van der Waals surface area contributed by atoms with Crippen molar-refractivity contribution in [1.29, 1.82) is 0 Å². The molecule has 3 aliphatic heterocycles. The molecule has 3 aliphatic rings. The summed E-state index contributed by atoms with van der Waals surface area (Å²) < 4.78 is 0. The maximum Gasteiger partial charge on any atom is 0.307 e. The standard InChI is InChI=1S/C64H96N8O12S3/c1-3-4-6-20-50(74)35-48-40-86-38-45-31-44(37-85-30-15-23-55(75)47(18-9-11-26-65)19-10-12-27-66)32-46(33-45)39-87-41-49(64(83)84)36-56(76)52(34-43-16-7-5-8-17-43)69-59(78)51(24-25-57(67)77)68-61(80)58(42(2)73)70-60(79)53-21-13-28-71(53)63(82)54-22-14-29-72(54)62(48)81/h5,7-8,16-17,31-33,42,47-49,51-54,58,73H,3-4,6,9-15,18-30,34-41,65-66H2,1-2H3,(H2,67,77)(H,68,80)(H,69,78)(H,70,79)(H,83,84)/t42-,48+,49+,51+,52+,53+,54+,58+/m1/s1. The number of rotatable bonds is 28. The Kier molecular flexibility index (Phi) is 32.4. The van der Waals surface area contributed by atoms with Crippen LogP contribution in [0.4, 0.5) is 0 Å². The lowest BCUT2D eigenvalue weighted by Crippen LogP contribution is -2.61. The number of aliphatic hydroxyl groups excluding tert-OH is 1. The van der Waals surface area contributed by atoms with Gasteiger partial charge >= 0.3 is 5.97 Å². The van der Waals surface area contributed by atoms with Crippen molar-refractivity contribution in [3.05, 3.63) is 70.8 Å². The second kappa shape index (κ2) is 38.9. The van der Waals surface area contributed by atoms with Crippen LogP contribution in [0.2, 0.25) is 0 Å². The number of unbranched alkanes of at least 4 members (excludes halogenated alkanes) is 4. The van der Waals surface area contributed by atoms with E-state index in [1.165, 1.54) is 35.3 Å². The van der Waals surface area contributed by atoms with Crippen molar-refractivity contribution in [2.24, 2.45) is 35.0 Å². The summed E-state index contributed by atoms with van der Waals surface area (Å²) >= 11 is 4.57. The fourth-order valence-electron chi connectivity index (χ4n) is 11.6. The molecule has 2 fully saturated rings. The van der Waals surface area contributed by atoms with Gasteiger partial charge in [-0.15, -0.1) is 0 Å². The first-order chi connectivity index (χ1) is 41.8. The Labute approximate surface area is 526 Å². The van der Waals surface area contributed by atoms with Crippen LogP contribution in [0.5, 0.6) is 0 Å². The number of aliphatic hydroxyl groups is 1. The Balaban J connectivity index is 1.48. The molecule has 2 aromatic rings. The zero-order valence-electron chi connectivity index (χ0n) is 51.1. The van der Waals surface area contributed by atoms with Crippen LogP contribution in [0, 0.1) is 17.8 Å². The van der Waals surface area contributed by atoms with E-state index in [4.69, 9.17) is 17.2 Å². The Morgan fingerprint density at radius 2 is 1.34 bits per heavy atom. The molecule has 8 atom stereocenters. The number of fused-ring (bicyclic) bond motifs is 4. The third-order valence-corrected chi connectivity index (χ3v) is 19.9. The molecule has 0 aromatic heterocycles. The van der Waals surface area contributed by atoms with E-state index in [-0.39, 0.29) is 80.1 Å². The molecule has 11 N–H and O–H groups in total. The molecule has 0 spiro atoms. The van der Waals surface area contributed by atoms with Gasteiger partial charge in [-0.1, -0.05) is 81.1 Å². The number of thioether (sulfide) groups is 3. The lowest BCUT2D eigenvalue weighted by molar-refractivity contribution is -0.148. The minimum absolute atomic E-state index is 0.000978. The zero-order chi connectivity index (χ0) is 63.3. The summed E-state index contributed by atoms with van der Waals surface area (Å²) in [7, 11) is 0. The minimum atomic E-state index is -1.66. The molecule has 20 nitrogen and oxygen atoms in total. The molecule has 2 saturated heterocycles. The van der Waals surface area contributed by atoms with E-state index in [0.29, 0.717) is 74.4 Å². The fourth-order valence-corrected chi connectivity index (χ4v) is 14.7. The highest BCUT2D eigenvalue weighted by molar-refractivity contribution is 7.99. The molecular formula is C64H96N8O12S3. The second-order valence-electron chi connectivity index (χ2n) is 23.6. The average Bonchev–Trinajstić information content (AvgIpc) is 1.96. The number of ketones is 3. The monoisotopic (exact) mass is 1260 g/mol. The molecule has 6 amide bonds. The zero-order valence-corrected chi connectivity index (χ0v) is 53.5. The van der Waals surface area contributed by atoms with Crippen LogP contribution in [-0.2, 0) is 71.6 Å². The minimum Gasteiger partial charge on any atom is -0.481 e. The fraction of sp³-hybridized carbons (Fsp3) is 0.656. The van der Waals surface area contributed by atoms with Crippen LogP contribution in [0.25, 0.3) is 0 Å². The van der Waals surface area contributed by atoms with Gasteiger partial charge in [0.15, 0.2) is 5.78 Å². The molecule has 0 aliphatic carbocycles. The predicted octanol–water partition coefficient (Wildman–Crippen LogP) is 5.76. The third-order valence-electron chi connectivity index (χ3n) is 16.4. The number of carbonyl (C=O) groups excluding carboxylic acids is 9. The van der Waals surface area contributed by atoms with Gasteiger partial charge in [-0.25, -0.2) is 0 Å². The number of primary amides is 1. The number of benzene rings is 2. The van der Waals surface area contributed by atoms with E-state index in [1.807, 2.05) is 6.07 Å². The lowest BCUT2D eigenvalue weighted by Gasteiger charge is -2.33.